The summed E-state index contributed by atoms with van der Waals surface area (Å²) in [5, 5.41) is 4.41. The fraction of sp³-hybridized carbons (Fsp3) is 0.263. The molecular weight excluding hydrogens is 380 g/mol. The van der Waals surface area contributed by atoms with Crippen molar-refractivity contribution in [3.05, 3.63) is 59.4 Å². The zero-order valence-corrected chi connectivity index (χ0v) is 15.3. The minimum Gasteiger partial charge on any atom is -0.444 e. The Bertz CT molecular complexity index is 889. The number of hydrogen-bond acceptors (Lipinski definition) is 3. The predicted molar refractivity (Wildman–Crippen MR) is 95.7 cm³/mol. The molecule has 0 atom stereocenters. The molecule has 28 heavy (non-hydrogen) atoms. The van der Waals surface area contributed by atoms with Gasteiger partial charge in [-0.05, 0) is 51.1 Å². The maximum Gasteiger partial charge on any atom is 0.416 e. The average molecular weight is 398 g/mol. The first kappa shape index (κ1) is 21.2. The molecule has 0 aliphatic rings. The summed E-state index contributed by atoms with van der Waals surface area (Å²) in [6, 6.07) is 7.55. The monoisotopic (exact) mass is 398 g/mol. The fourth-order valence-corrected chi connectivity index (χ4v) is 2.17. The van der Waals surface area contributed by atoms with E-state index in [4.69, 9.17) is 4.74 Å². The molecule has 5 nitrogen and oxygen atoms in total. The Morgan fingerprint density at radius 3 is 2.07 bits per heavy atom. The second kappa shape index (κ2) is 7.87. The summed E-state index contributed by atoms with van der Waals surface area (Å²) in [6.45, 7) is 4.90. The number of nitrogens with one attached hydrogen (secondary N) is 2. The molecule has 0 spiro atoms. The van der Waals surface area contributed by atoms with Gasteiger partial charge in [0.05, 0.1) is 16.9 Å². The number of halogens is 4. The lowest BCUT2D eigenvalue weighted by molar-refractivity contribution is -0.137. The second-order valence-electron chi connectivity index (χ2n) is 6.83. The molecule has 0 aliphatic heterocycles. The smallest absolute Gasteiger partial charge is 0.416 e. The Morgan fingerprint density at radius 2 is 1.50 bits per heavy atom. The molecule has 0 radical (unpaired) electrons. The Labute approximate surface area is 158 Å². The van der Waals surface area contributed by atoms with Crippen LogP contribution in [0.15, 0.2) is 42.5 Å². The van der Waals surface area contributed by atoms with Gasteiger partial charge in [0.1, 0.15) is 5.60 Å². The maximum absolute atomic E-state index is 14.5. The summed E-state index contributed by atoms with van der Waals surface area (Å²) < 4.78 is 57.9. The molecule has 2 N–H and O–H groups in total. The van der Waals surface area contributed by atoms with Crippen molar-refractivity contribution in [1.29, 1.82) is 0 Å². The van der Waals surface area contributed by atoms with Crippen LogP contribution in [0.3, 0.4) is 0 Å². The third-order valence-corrected chi connectivity index (χ3v) is 3.33. The third kappa shape index (κ3) is 5.70. The number of ether oxygens (including phenoxy) is 1. The number of amides is 2. The van der Waals surface area contributed by atoms with Crippen molar-refractivity contribution in [3.63, 3.8) is 0 Å². The highest BCUT2D eigenvalue weighted by atomic mass is 19.4. The van der Waals surface area contributed by atoms with Crippen LogP contribution in [0, 0.1) is 5.82 Å². The molecule has 2 aromatic carbocycles. The highest BCUT2D eigenvalue weighted by Crippen LogP contribution is 2.30. The number of carbonyl (C=O) groups is 2. The van der Waals surface area contributed by atoms with Crippen molar-refractivity contribution in [2.75, 3.05) is 10.6 Å². The first-order valence-electron chi connectivity index (χ1n) is 8.14. The Morgan fingerprint density at radius 1 is 0.929 bits per heavy atom. The number of alkyl halides is 3. The SMILES string of the molecule is CC(C)(C)OC(=O)Nc1cccc(NC(=O)c2cccc(C(F)(F)F)c2)c1F. The van der Waals surface area contributed by atoms with Crippen molar-refractivity contribution >= 4 is 23.4 Å². The standard InChI is InChI=1S/C19H18F4N2O3/c1-18(2,3)28-17(27)25-14-9-5-8-13(15(14)20)24-16(26)11-6-4-7-12(10-11)19(21,22)23/h4-10H,1-3H3,(H,24,26)(H,25,27). The summed E-state index contributed by atoms with van der Waals surface area (Å²) in [5.41, 5.74) is -2.65. The van der Waals surface area contributed by atoms with Crippen LogP contribution in [-0.2, 0) is 10.9 Å². The maximum atomic E-state index is 14.5. The first-order valence-corrected chi connectivity index (χ1v) is 8.14. The van der Waals surface area contributed by atoms with Crippen molar-refractivity contribution < 1.29 is 31.9 Å². The van der Waals surface area contributed by atoms with Gasteiger partial charge in [-0.1, -0.05) is 12.1 Å². The van der Waals surface area contributed by atoms with Gasteiger partial charge < -0.3 is 10.1 Å². The van der Waals surface area contributed by atoms with Gasteiger partial charge in [0, 0.05) is 5.56 Å². The van der Waals surface area contributed by atoms with Crippen LogP contribution < -0.4 is 10.6 Å². The van der Waals surface area contributed by atoms with Crippen molar-refractivity contribution in [3.8, 4) is 0 Å². The van der Waals surface area contributed by atoms with Crippen LogP contribution in [0.25, 0.3) is 0 Å². The minimum atomic E-state index is -4.61. The van der Waals surface area contributed by atoms with Crippen LogP contribution >= 0.6 is 0 Å². The zero-order valence-electron chi connectivity index (χ0n) is 15.3. The van der Waals surface area contributed by atoms with Crippen molar-refractivity contribution in [2.24, 2.45) is 0 Å². The normalized spacial score (nSPS) is 11.7. The van der Waals surface area contributed by atoms with E-state index in [0.717, 1.165) is 12.1 Å². The number of anilines is 2. The highest BCUT2D eigenvalue weighted by Gasteiger charge is 2.31. The predicted octanol–water partition coefficient (Wildman–Crippen LogP) is 5.44. The van der Waals surface area contributed by atoms with E-state index in [2.05, 4.69) is 10.6 Å². The van der Waals surface area contributed by atoms with Crippen LogP contribution in [0.1, 0.15) is 36.7 Å². The lowest BCUT2D eigenvalue weighted by Gasteiger charge is -2.20. The molecule has 2 aromatic rings. The molecule has 150 valence electrons. The van der Waals surface area contributed by atoms with E-state index < -0.39 is 35.2 Å². The fourth-order valence-electron chi connectivity index (χ4n) is 2.17. The number of benzene rings is 2. The topological polar surface area (TPSA) is 67.4 Å². The van der Waals surface area contributed by atoms with Gasteiger partial charge in [0.15, 0.2) is 5.82 Å². The first-order chi connectivity index (χ1) is 12.9. The van der Waals surface area contributed by atoms with E-state index in [0.29, 0.717) is 6.07 Å². The summed E-state index contributed by atoms with van der Waals surface area (Å²) in [4.78, 5) is 24.0. The van der Waals surface area contributed by atoms with E-state index in [-0.39, 0.29) is 16.9 Å². The number of rotatable bonds is 3. The highest BCUT2D eigenvalue weighted by molar-refractivity contribution is 6.04. The molecular formula is C19H18F4N2O3. The summed E-state index contributed by atoms with van der Waals surface area (Å²) in [5.74, 6) is -1.90. The molecule has 0 saturated heterocycles. The number of hydrogen-bond donors (Lipinski definition) is 2. The molecule has 0 bridgehead atoms. The molecule has 0 saturated carbocycles. The molecule has 2 amide bonds. The van der Waals surface area contributed by atoms with Gasteiger partial charge in [-0.3, -0.25) is 10.1 Å². The Hall–Kier alpha value is -3.10. The van der Waals surface area contributed by atoms with Crippen LogP contribution in [0.4, 0.5) is 33.7 Å². The molecule has 0 heterocycles. The quantitative estimate of drug-likeness (QED) is 0.676. The van der Waals surface area contributed by atoms with Gasteiger partial charge in [-0.2, -0.15) is 13.2 Å². The van der Waals surface area contributed by atoms with Crippen LogP contribution in [-0.4, -0.2) is 17.6 Å². The van der Waals surface area contributed by atoms with Crippen molar-refractivity contribution in [2.45, 2.75) is 32.5 Å². The number of carbonyl (C=O) groups excluding carboxylic acids is 2. The van der Waals surface area contributed by atoms with E-state index in [1.807, 2.05) is 0 Å². The van der Waals surface area contributed by atoms with Gasteiger partial charge in [-0.15, -0.1) is 0 Å². The van der Waals surface area contributed by atoms with E-state index in [1.165, 1.54) is 24.3 Å². The Kier molecular flexibility index (Phi) is 5.96. The molecule has 2 rings (SSSR count). The summed E-state index contributed by atoms with van der Waals surface area (Å²) in [6.07, 6.45) is -5.51. The summed E-state index contributed by atoms with van der Waals surface area (Å²) in [7, 11) is 0. The van der Waals surface area contributed by atoms with Gasteiger partial charge in [-0.25, -0.2) is 9.18 Å². The molecule has 9 heteroatoms. The zero-order chi connectivity index (χ0) is 21.1. The largest absolute Gasteiger partial charge is 0.444 e. The average Bonchev–Trinajstić information content (AvgIpc) is 2.56. The lowest BCUT2D eigenvalue weighted by Crippen LogP contribution is -2.27. The van der Waals surface area contributed by atoms with E-state index >= 15 is 0 Å². The molecule has 0 aromatic heterocycles. The van der Waals surface area contributed by atoms with Gasteiger partial charge in [0.2, 0.25) is 0 Å². The minimum absolute atomic E-state index is 0.254. The van der Waals surface area contributed by atoms with Gasteiger partial charge in [0.25, 0.3) is 5.91 Å². The van der Waals surface area contributed by atoms with E-state index in [1.54, 1.807) is 20.8 Å². The van der Waals surface area contributed by atoms with Crippen LogP contribution in [0.2, 0.25) is 0 Å². The molecule has 0 aliphatic carbocycles. The van der Waals surface area contributed by atoms with Crippen molar-refractivity contribution in [1.82, 2.24) is 0 Å². The molecule has 0 fully saturated rings. The Balaban J connectivity index is 2.19. The summed E-state index contributed by atoms with van der Waals surface area (Å²) >= 11 is 0. The van der Waals surface area contributed by atoms with Gasteiger partial charge >= 0.3 is 12.3 Å². The second-order valence-corrected chi connectivity index (χ2v) is 6.83. The van der Waals surface area contributed by atoms with Crippen LogP contribution in [0.5, 0.6) is 0 Å². The lowest BCUT2D eigenvalue weighted by atomic mass is 10.1. The third-order valence-electron chi connectivity index (χ3n) is 3.33. The molecule has 0 unspecified atom stereocenters. The van der Waals surface area contributed by atoms with E-state index in [9.17, 15) is 27.2 Å².